The number of carbonyl (C=O) groups is 4. The number of nitrogens with zero attached hydrogens (tertiary/aromatic N) is 1. The predicted octanol–water partition coefficient (Wildman–Crippen LogP) is 8.29. The van der Waals surface area contributed by atoms with Gasteiger partial charge in [0, 0.05) is 44.9 Å². The Balaban J connectivity index is 1.46. The number of aliphatic hydroxyl groups is 3. The van der Waals surface area contributed by atoms with Crippen molar-refractivity contribution in [3.8, 4) is 11.5 Å². The number of allylic oxidation sites excluding steroid dienone is 3. The van der Waals surface area contributed by atoms with E-state index in [4.69, 9.17) is 28.1 Å². The molecular formula is C54H85NO13Si. The lowest BCUT2D eigenvalue weighted by Crippen LogP contribution is -2.64. The zero-order valence-corrected chi connectivity index (χ0v) is 44.8. The van der Waals surface area contributed by atoms with Crippen LogP contribution >= 0.6 is 0 Å². The highest BCUT2D eigenvalue weighted by Crippen LogP contribution is 2.41. The van der Waals surface area contributed by atoms with Gasteiger partial charge in [-0.25, -0.2) is 4.79 Å². The number of amides is 1. The van der Waals surface area contributed by atoms with Gasteiger partial charge in [0.2, 0.25) is 14.1 Å². The fraction of sp³-hybridized carbons (Fsp3) is 0.741. The van der Waals surface area contributed by atoms with Crippen molar-refractivity contribution in [1.82, 2.24) is 4.90 Å². The molecule has 3 N–H and O–H groups in total. The van der Waals surface area contributed by atoms with Crippen molar-refractivity contribution in [2.45, 2.75) is 206 Å². The molecule has 14 nitrogen and oxygen atoms in total. The Labute approximate surface area is 413 Å². The molecule has 14 atom stereocenters. The van der Waals surface area contributed by atoms with Crippen LogP contribution in [0.25, 0.3) is 0 Å². The summed E-state index contributed by atoms with van der Waals surface area (Å²) >= 11 is 0. The largest absolute Gasteiger partial charge is 0.543 e. The molecule has 1 aromatic carbocycles. The second kappa shape index (κ2) is 23.9. The molecule has 1 aliphatic carbocycles. The molecule has 0 aromatic heterocycles. The summed E-state index contributed by atoms with van der Waals surface area (Å²) in [5, 5.41) is 35.2. The number of ether oxygens (including phenoxy) is 5. The van der Waals surface area contributed by atoms with Gasteiger partial charge < -0.3 is 48.3 Å². The molecule has 388 valence electrons. The van der Waals surface area contributed by atoms with Gasteiger partial charge in [-0.3, -0.25) is 14.4 Å². The Morgan fingerprint density at radius 2 is 1.52 bits per heavy atom. The summed E-state index contributed by atoms with van der Waals surface area (Å²) in [5.41, 5.74) is 1.62. The summed E-state index contributed by atoms with van der Waals surface area (Å²) < 4.78 is 37.3. The minimum Gasteiger partial charge on any atom is -0.543 e. The fourth-order valence-electron chi connectivity index (χ4n) is 10.5. The molecule has 69 heavy (non-hydrogen) atoms. The number of Topliss-reactive ketones (excluding diaryl/α,β-unsaturated/α-hetero) is 2. The first-order chi connectivity index (χ1) is 32.3. The number of hydrogen-bond donors (Lipinski definition) is 3. The van der Waals surface area contributed by atoms with E-state index in [1.807, 2.05) is 57.2 Å². The second-order valence-corrected chi connectivity index (χ2v) is 27.1. The van der Waals surface area contributed by atoms with Crippen LogP contribution < -0.4 is 9.16 Å². The number of carbonyl (C=O) groups excluding carboxylic acids is 4. The van der Waals surface area contributed by atoms with Gasteiger partial charge in [-0.1, -0.05) is 66.2 Å². The molecule has 2 saturated heterocycles. The van der Waals surface area contributed by atoms with E-state index in [0.717, 1.165) is 11.3 Å². The maximum Gasteiger partial charge on any atom is 0.329 e. The quantitative estimate of drug-likeness (QED) is 0.0930. The molecule has 3 aliphatic heterocycles. The van der Waals surface area contributed by atoms with E-state index >= 15 is 0 Å². The van der Waals surface area contributed by atoms with Crippen molar-refractivity contribution < 1.29 is 62.6 Å². The second-order valence-electron chi connectivity index (χ2n) is 22.4. The molecule has 3 heterocycles. The standard InChI is InChI=1S/C54H85NO13Si/c1-14-38-26-32(2)25-33(3)27-46(63-10)49-47(64-11)29-35(5)54(62,67-49)50(59)51(60)55-24-16-15-17-41(55)52(61)66-48(36(6)43(57)31-44(38)58)34(4)28-37-18-23-42(56)45(30-37)65-39-19-21-40(22-20-39)68-69(12,13)53(7,8)9/h19-22,26,28,33,35-38,41-43,45-49,56-57,62H,14-18,23-25,27,29-31H2,1-13H3/b32-26+,34-28?. The smallest absolute Gasteiger partial charge is 0.329 e. The van der Waals surface area contributed by atoms with Crippen LogP contribution in [0.15, 0.2) is 47.6 Å². The van der Waals surface area contributed by atoms with Gasteiger partial charge in [0.25, 0.3) is 11.7 Å². The maximum absolute atomic E-state index is 14.6. The van der Waals surface area contributed by atoms with Crippen LogP contribution in [-0.2, 0) is 38.1 Å². The van der Waals surface area contributed by atoms with E-state index in [1.54, 1.807) is 13.8 Å². The number of cyclic esters (lactones) is 1. The van der Waals surface area contributed by atoms with Gasteiger partial charge in [-0.05, 0) is 138 Å². The first-order valence-corrected chi connectivity index (χ1v) is 28.5. The number of hydrogen-bond acceptors (Lipinski definition) is 13. The normalized spacial score (nSPS) is 36.3. The summed E-state index contributed by atoms with van der Waals surface area (Å²) in [6.45, 7) is 22.2. The summed E-state index contributed by atoms with van der Waals surface area (Å²) in [6.07, 6.45) is 2.94. The van der Waals surface area contributed by atoms with Crippen LogP contribution in [0, 0.1) is 29.6 Å². The number of benzene rings is 1. The Kier molecular flexibility index (Phi) is 19.5. The molecule has 1 amide bonds. The highest BCUT2D eigenvalue weighted by atomic mass is 28.4. The van der Waals surface area contributed by atoms with Crippen molar-refractivity contribution in [2.24, 2.45) is 29.6 Å². The van der Waals surface area contributed by atoms with Crippen molar-refractivity contribution in [2.75, 3.05) is 20.8 Å². The Morgan fingerprint density at radius 3 is 2.14 bits per heavy atom. The molecule has 0 radical (unpaired) electrons. The Bertz CT molecular complexity index is 1980. The number of esters is 1. The lowest BCUT2D eigenvalue weighted by atomic mass is 9.81. The molecule has 5 rings (SSSR count). The van der Waals surface area contributed by atoms with Gasteiger partial charge in [0.1, 0.15) is 41.6 Å². The number of aliphatic hydroxyl groups excluding tert-OH is 2. The molecule has 0 spiro atoms. The van der Waals surface area contributed by atoms with E-state index in [-0.39, 0.29) is 48.5 Å². The summed E-state index contributed by atoms with van der Waals surface area (Å²) in [7, 11) is 1.02. The Morgan fingerprint density at radius 1 is 0.884 bits per heavy atom. The van der Waals surface area contributed by atoms with E-state index in [9.17, 15) is 34.5 Å². The lowest BCUT2D eigenvalue weighted by molar-refractivity contribution is -0.302. The highest BCUT2D eigenvalue weighted by molar-refractivity contribution is 6.74. The number of ketones is 2. The average Bonchev–Trinajstić information content (AvgIpc) is 3.29. The molecule has 15 heteroatoms. The SMILES string of the molecule is CCC1/C=C(\C)CC(C)CC(OC)C2OC(O)(C(=O)C(=O)N3CCCCC3C(=O)OC(C(C)=CC3CCC(O)C(Oc4ccc(O[Si](C)(C)C(C)(C)C)cc4)C3)C(C)C(O)CC1=O)C(C)CC2OC. The zero-order valence-electron chi connectivity index (χ0n) is 43.8. The van der Waals surface area contributed by atoms with Crippen LogP contribution in [0.2, 0.25) is 18.1 Å². The van der Waals surface area contributed by atoms with Crippen LogP contribution in [0.5, 0.6) is 11.5 Å². The summed E-state index contributed by atoms with van der Waals surface area (Å²) in [5.74, 6) is -6.40. The van der Waals surface area contributed by atoms with Crippen molar-refractivity contribution in [1.29, 1.82) is 0 Å². The summed E-state index contributed by atoms with van der Waals surface area (Å²) in [4.78, 5) is 58.6. The van der Waals surface area contributed by atoms with E-state index < -0.39 is 98.3 Å². The van der Waals surface area contributed by atoms with Gasteiger partial charge >= 0.3 is 5.97 Å². The van der Waals surface area contributed by atoms with Crippen LogP contribution in [-0.4, -0.2) is 127 Å². The molecule has 4 aliphatic rings. The monoisotopic (exact) mass is 984 g/mol. The number of methoxy groups -OCH3 is 2. The van der Waals surface area contributed by atoms with Gasteiger partial charge in [0.15, 0.2) is 0 Å². The molecule has 2 bridgehead atoms. The zero-order chi connectivity index (χ0) is 51.2. The first kappa shape index (κ1) is 56.5. The predicted molar refractivity (Wildman–Crippen MR) is 266 cm³/mol. The number of rotatable bonds is 9. The number of piperidine rings is 1. The van der Waals surface area contributed by atoms with Crippen molar-refractivity contribution in [3.63, 3.8) is 0 Å². The fourth-order valence-corrected chi connectivity index (χ4v) is 11.5. The minimum absolute atomic E-state index is 0.0190. The van der Waals surface area contributed by atoms with E-state index in [2.05, 4.69) is 40.8 Å². The summed E-state index contributed by atoms with van der Waals surface area (Å²) in [6, 6.07) is 6.35. The Hall–Kier alpha value is -3.44. The molecule has 14 unspecified atom stereocenters. The van der Waals surface area contributed by atoms with Crippen LogP contribution in [0.3, 0.4) is 0 Å². The van der Waals surface area contributed by atoms with Gasteiger partial charge in [-0.2, -0.15) is 0 Å². The molecular weight excluding hydrogens is 899 g/mol. The van der Waals surface area contributed by atoms with Gasteiger partial charge in [0.05, 0.1) is 24.4 Å². The first-order valence-electron chi connectivity index (χ1n) is 25.6. The van der Waals surface area contributed by atoms with Crippen molar-refractivity contribution >= 4 is 31.8 Å². The molecule has 3 fully saturated rings. The molecule has 1 aromatic rings. The third-order valence-electron chi connectivity index (χ3n) is 15.9. The van der Waals surface area contributed by atoms with Crippen molar-refractivity contribution in [3.05, 3.63) is 47.6 Å². The van der Waals surface area contributed by atoms with E-state index in [1.165, 1.54) is 19.1 Å². The minimum atomic E-state index is -2.52. The van der Waals surface area contributed by atoms with Gasteiger partial charge in [-0.15, -0.1) is 0 Å². The third-order valence-corrected chi connectivity index (χ3v) is 20.2. The highest BCUT2D eigenvalue weighted by Gasteiger charge is 2.56. The lowest BCUT2D eigenvalue weighted by Gasteiger charge is -2.47. The molecule has 1 saturated carbocycles. The van der Waals surface area contributed by atoms with E-state index in [0.29, 0.717) is 62.7 Å². The average molecular weight is 984 g/mol. The van der Waals surface area contributed by atoms with Crippen LogP contribution in [0.4, 0.5) is 0 Å². The topological polar surface area (TPSA) is 188 Å². The maximum atomic E-state index is 14.6. The third kappa shape index (κ3) is 13.7. The van der Waals surface area contributed by atoms with Crippen LogP contribution in [0.1, 0.15) is 133 Å². The number of fused-ring (bicyclic) bond motifs is 3.